The van der Waals surface area contributed by atoms with Crippen LogP contribution in [0.2, 0.25) is 0 Å². The molecule has 0 radical (unpaired) electrons. The van der Waals surface area contributed by atoms with Gasteiger partial charge in [-0.15, -0.1) is 0 Å². The van der Waals surface area contributed by atoms with Gasteiger partial charge in [0.05, 0.1) is 25.4 Å². The summed E-state index contributed by atoms with van der Waals surface area (Å²) in [5.74, 6) is -1.83. The third kappa shape index (κ3) is 2.54. The van der Waals surface area contributed by atoms with E-state index in [-0.39, 0.29) is 13.2 Å². The van der Waals surface area contributed by atoms with Gasteiger partial charge < -0.3 is 14.4 Å². The number of anilines is 1. The lowest BCUT2D eigenvalue weighted by Gasteiger charge is -2.31. The standard InChI is InChI=1S/C15H16N3O4P/c1-3-21-23(20,22-4-2)15(9-16,10-17)13-11-7-5-6-8-12(11)18-14(13)19/h5-8,13H,3-4H2,1-2H3,(H,18,19). The number of carbonyl (C=O) groups is 1. The van der Waals surface area contributed by atoms with Crippen molar-refractivity contribution < 1.29 is 18.4 Å². The first-order valence-electron chi connectivity index (χ1n) is 7.11. The Balaban J connectivity index is 2.68. The van der Waals surface area contributed by atoms with Gasteiger partial charge >= 0.3 is 7.60 Å². The Kier molecular flexibility index (Phi) is 4.87. The SMILES string of the molecule is CCOP(=O)(OCC)C(C#N)(C#N)C1C(=O)Nc2ccccc21. The first-order chi connectivity index (χ1) is 11.0. The van der Waals surface area contributed by atoms with E-state index in [0.29, 0.717) is 11.3 Å². The zero-order valence-electron chi connectivity index (χ0n) is 12.8. The molecule has 0 fully saturated rings. The summed E-state index contributed by atoms with van der Waals surface area (Å²) in [6, 6.07) is 10.2. The maximum absolute atomic E-state index is 13.2. The van der Waals surface area contributed by atoms with E-state index in [9.17, 15) is 19.9 Å². The molecule has 2 rings (SSSR count). The second-order valence-corrected chi connectivity index (χ2v) is 7.05. The fourth-order valence-electron chi connectivity index (χ4n) is 2.64. The summed E-state index contributed by atoms with van der Waals surface area (Å²) in [7, 11) is -4.19. The lowest BCUT2D eigenvalue weighted by Crippen LogP contribution is -2.38. The van der Waals surface area contributed by atoms with E-state index in [1.165, 1.54) is 0 Å². The number of hydrogen-bond donors (Lipinski definition) is 1. The number of para-hydroxylation sites is 1. The third-order valence-electron chi connectivity index (χ3n) is 3.58. The lowest BCUT2D eigenvalue weighted by molar-refractivity contribution is -0.117. The quantitative estimate of drug-likeness (QED) is 0.801. The van der Waals surface area contributed by atoms with Crippen molar-refractivity contribution in [3.63, 3.8) is 0 Å². The number of hydrogen-bond acceptors (Lipinski definition) is 6. The van der Waals surface area contributed by atoms with Gasteiger partial charge in [0, 0.05) is 5.69 Å². The summed E-state index contributed by atoms with van der Waals surface area (Å²) >= 11 is 0. The number of nitriles is 2. The number of nitrogens with one attached hydrogen (secondary N) is 1. The minimum Gasteiger partial charge on any atom is -0.325 e. The number of rotatable bonds is 6. The minimum absolute atomic E-state index is 0.0155. The molecular weight excluding hydrogens is 317 g/mol. The van der Waals surface area contributed by atoms with Crippen LogP contribution in [-0.4, -0.2) is 24.3 Å². The number of fused-ring (bicyclic) bond motifs is 1. The Hall–Kier alpha value is -2.18. The molecule has 0 spiro atoms. The molecule has 120 valence electrons. The molecule has 0 aromatic heterocycles. The molecule has 8 heteroatoms. The predicted molar refractivity (Wildman–Crippen MR) is 82.6 cm³/mol. The van der Waals surface area contributed by atoms with Crippen molar-refractivity contribution in [1.82, 2.24) is 0 Å². The monoisotopic (exact) mass is 333 g/mol. The summed E-state index contributed by atoms with van der Waals surface area (Å²) in [5.41, 5.74) is 0.914. The van der Waals surface area contributed by atoms with Gasteiger partial charge in [0.25, 0.3) is 5.16 Å². The van der Waals surface area contributed by atoms with Crippen LogP contribution < -0.4 is 5.32 Å². The van der Waals surface area contributed by atoms with E-state index in [0.717, 1.165) is 0 Å². The van der Waals surface area contributed by atoms with E-state index in [2.05, 4.69) is 5.32 Å². The van der Waals surface area contributed by atoms with Gasteiger partial charge in [0.1, 0.15) is 5.92 Å². The van der Waals surface area contributed by atoms with E-state index in [4.69, 9.17) is 9.05 Å². The van der Waals surface area contributed by atoms with Crippen LogP contribution >= 0.6 is 7.60 Å². The Morgan fingerprint density at radius 3 is 2.30 bits per heavy atom. The molecular formula is C15H16N3O4P. The molecule has 1 aromatic rings. The van der Waals surface area contributed by atoms with Crippen LogP contribution in [0, 0.1) is 22.7 Å². The second kappa shape index (κ2) is 6.52. The highest BCUT2D eigenvalue weighted by molar-refractivity contribution is 7.56. The number of carbonyl (C=O) groups excluding carboxylic acids is 1. The molecule has 0 saturated heterocycles. The molecule has 1 aliphatic rings. The first kappa shape index (κ1) is 17.2. The van der Waals surface area contributed by atoms with Gasteiger partial charge in [-0.3, -0.25) is 9.36 Å². The van der Waals surface area contributed by atoms with Gasteiger partial charge in [-0.1, -0.05) is 18.2 Å². The van der Waals surface area contributed by atoms with Crippen molar-refractivity contribution in [1.29, 1.82) is 10.5 Å². The minimum atomic E-state index is -4.19. The Bertz CT molecular complexity index is 726. The molecule has 0 bridgehead atoms. The van der Waals surface area contributed by atoms with E-state index in [1.54, 1.807) is 50.3 Å². The van der Waals surface area contributed by atoms with Gasteiger partial charge in [-0.25, -0.2) is 0 Å². The van der Waals surface area contributed by atoms with Crippen molar-refractivity contribution in [2.75, 3.05) is 18.5 Å². The fourth-order valence-corrected chi connectivity index (χ4v) is 4.62. The topological polar surface area (TPSA) is 112 Å². The smallest absolute Gasteiger partial charge is 0.325 e. The molecule has 0 aliphatic carbocycles. The van der Waals surface area contributed by atoms with E-state index >= 15 is 0 Å². The van der Waals surface area contributed by atoms with Crippen LogP contribution in [0.15, 0.2) is 24.3 Å². The molecule has 23 heavy (non-hydrogen) atoms. The van der Waals surface area contributed by atoms with Gasteiger partial charge in [-0.2, -0.15) is 10.5 Å². The molecule has 1 atom stereocenters. The van der Waals surface area contributed by atoms with Crippen molar-refractivity contribution in [2.45, 2.75) is 24.9 Å². The van der Waals surface area contributed by atoms with Gasteiger partial charge in [0.2, 0.25) is 5.91 Å². The van der Waals surface area contributed by atoms with Gasteiger partial charge in [-0.05, 0) is 25.5 Å². The average Bonchev–Trinajstić information content (AvgIpc) is 2.86. The number of amides is 1. The Morgan fingerprint density at radius 2 is 1.78 bits per heavy atom. The van der Waals surface area contributed by atoms with Crippen LogP contribution in [0.5, 0.6) is 0 Å². The second-order valence-electron chi connectivity index (χ2n) is 4.83. The normalized spacial score (nSPS) is 17.0. The Morgan fingerprint density at radius 1 is 1.22 bits per heavy atom. The van der Waals surface area contributed by atoms with Crippen molar-refractivity contribution in [3.8, 4) is 12.1 Å². The fraction of sp³-hybridized carbons (Fsp3) is 0.400. The number of nitrogens with zero attached hydrogens (tertiary/aromatic N) is 2. The van der Waals surface area contributed by atoms with Gasteiger partial charge in [0.15, 0.2) is 0 Å². The molecule has 1 unspecified atom stereocenters. The highest BCUT2D eigenvalue weighted by Crippen LogP contribution is 2.65. The van der Waals surface area contributed by atoms with Crippen molar-refractivity contribution in [2.24, 2.45) is 0 Å². The van der Waals surface area contributed by atoms with Crippen LogP contribution in [0.3, 0.4) is 0 Å². The largest absolute Gasteiger partial charge is 0.366 e. The van der Waals surface area contributed by atoms with E-state index in [1.807, 2.05) is 0 Å². The van der Waals surface area contributed by atoms with Crippen LogP contribution in [0.4, 0.5) is 5.69 Å². The summed E-state index contributed by atoms with van der Waals surface area (Å²) < 4.78 is 23.6. The molecule has 7 nitrogen and oxygen atoms in total. The first-order valence-corrected chi connectivity index (χ1v) is 8.65. The third-order valence-corrected chi connectivity index (χ3v) is 6.10. The lowest BCUT2D eigenvalue weighted by atomic mass is 9.88. The summed E-state index contributed by atoms with van der Waals surface area (Å²) in [6.45, 7) is 3.12. The average molecular weight is 333 g/mol. The summed E-state index contributed by atoms with van der Waals surface area (Å²) in [5, 5.41) is 19.7. The molecule has 1 heterocycles. The zero-order chi connectivity index (χ0) is 17.1. The summed E-state index contributed by atoms with van der Waals surface area (Å²) in [4.78, 5) is 12.4. The zero-order valence-corrected chi connectivity index (χ0v) is 13.7. The predicted octanol–water partition coefficient (Wildman–Crippen LogP) is 2.77. The summed E-state index contributed by atoms with van der Waals surface area (Å²) in [6.07, 6.45) is 0. The maximum atomic E-state index is 13.2. The molecule has 1 aliphatic heterocycles. The molecule has 1 aromatic carbocycles. The van der Waals surface area contributed by atoms with Crippen LogP contribution in [-0.2, 0) is 18.4 Å². The van der Waals surface area contributed by atoms with Crippen LogP contribution in [0.25, 0.3) is 0 Å². The van der Waals surface area contributed by atoms with Crippen molar-refractivity contribution in [3.05, 3.63) is 29.8 Å². The number of benzene rings is 1. The molecule has 0 saturated carbocycles. The highest BCUT2D eigenvalue weighted by atomic mass is 31.2. The molecule has 1 N–H and O–H groups in total. The molecule has 1 amide bonds. The van der Waals surface area contributed by atoms with Crippen molar-refractivity contribution >= 4 is 19.2 Å². The maximum Gasteiger partial charge on any atom is 0.366 e. The van der Waals surface area contributed by atoms with E-state index < -0.39 is 24.6 Å². The Labute approximate surface area is 134 Å². The highest BCUT2D eigenvalue weighted by Gasteiger charge is 2.62. The van der Waals surface area contributed by atoms with Crippen LogP contribution in [0.1, 0.15) is 25.3 Å².